The van der Waals surface area contributed by atoms with Crippen molar-refractivity contribution in [3.8, 4) is 11.5 Å². The van der Waals surface area contributed by atoms with Crippen molar-refractivity contribution in [2.75, 3.05) is 19.5 Å². The van der Waals surface area contributed by atoms with Crippen LogP contribution in [0, 0.1) is 5.92 Å². The van der Waals surface area contributed by atoms with Crippen molar-refractivity contribution in [3.63, 3.8) is 0 Å². The molecule has 1 amide bonds. The van der Waals surface area contributed by atoms with E-state index in [0.29, 0.717) is 41.2 Å². The standard InChI is InChI=1S/C18H19N3O4/c1-10-4-15-14(16(22)5-10)9-19-18(20-15)21-17(23)11-6-12(24-2)8-13(7-11)25-3/h6-10H,4-5H2,1-3H3,(H,19,20,21,23)/t10-/m1/s1. The summed E-state index contributed by atoms with van der Waals surface area (Å²) >= 11 is 0. The molecule has 0 bridgehead atoms. The van der Waals surface area contributed by atoms with Gasteiger partial charge in [-0.3, -0.25) is 14.9 Å². The minimum absolute atomic E-state index is 0.0455. The summed E-state index contributed by atoms with van der Waals surface area (Å²) in [6.45, 7) is 2.00. The Hall–Kier alpha value is -2.96. The molecule has 0 fully saturated rings. The van der Waals surface area contributed by atoms with Crippen LogP contribution < -0.4 is 14.8 Å². The molecule has 0 radical (unpaired) electrons. The summed E-state index contributed by atoms with van der Waals surface area (Å²) in [5.74, 6) is 1.09. The third-order valence-corrected chi connectivity index (χ3v) is 4.08. The molecule has 3 rings (SSSR count). The first-order valence-electron chi connectivity index (χ1n) is 7.93. The van der Waals surface area contributed by atoms with Gasteiger partial charge in [-0.2, -0.15) is 0 Å². The van der Waals surface area contributed by atoms with Crippen LogP contribution in [-0.4, -0.2) is 35.9 Å². The molecule has 1 aromatic heterocycles. The lowest BCUT2D eigenvalue weighted by Gasteiger charge is -2.19. The normalized spacial score (nSPS) is 16.1. The molecule has 1 aliphatic carbocycles. The fourth-order valence-electron chi connectivity index (χ4n) is 2.81. The zero-order chi connectivity index (χ0) is 18.0. The number of ketones is 1. The fourth-order valence-corrected chi connectivity index (χ4v) is 2.81. The molecule has 1 aliphatic rings. The summed E-state index contributed by atoms with van der Waals surface area (Å²) in [7, 11) is 3.03. The first kappa shape index (κ1) is 16.9. The Bertz CT molecular complexity index is 813. The van der Waals surface area contributed by atoms with Crippen molar-refractivity contribution in [2.24, 2.45) is 5.92 Å². The van der Waals surface area contributed by atoms with E-state index in [0.717, 1.165) is 0 Å². The average molecular weight is 341 g/mol. The van der Waals surface area contributed by atoms with E-state index in [1.165, 1.54) is 20.4 Å². The van der Waals surface area contributed by atoms with Crippen LogP contribution in [0.4, 0.5) is 5.95 Å². The van der Waals surface area contributed by atoms with E-state index in [1.54, 1.807) is 18.2 Å². The Morgan fingerprint density at radius 3 is 2.48 bits per heavy atom. The van der Waals surface area contributed by atoms with Gasteiger partial charge in [0.1, 0.15) is 11.5 Å². The Morgan fingerprint density at radius 2 is 1.84 bits per heavy atom. The molecule has 0 spiro atoms. The molecule has 7 heteroatoms. The zero-order valence-corrected chi connectivity index (χ0v) is 14.3. The molecule has 1 atom stereocenters. The molecule has 0 aliphatic heterocycles. The Balaban J connectivity index is 1.84. The van der Waals surface area contributed by atoms with Crippen molar-refractivity contribution in [2.45, 2.75) is 19.8 Å². The molecule has 7 nitrogen and oxygen atoms in total. The SMILES string of the molecule is COc1cc(OC)cc(C(=O)Nc2ncc3c(n2)C[C@@H](C)CC3=O)c1. The number of Topliss-reactive ketones (excluding diaryl/α,β-unsaturated/α-hetero) is 1. The van der Waals surface area contributed by atoms with Crippen LogP contribution in [0.15, 0.2) is 24.4 Å². The van der Waals surface area contributed by atoms with E-state index >= 15 is 0 Å². The van der Waals surface area contributed by atoms with Gasteiger partial charge < -0.3 is 9.47 Å². The molecule has 1 heterocycles. The van der Waals surface area contributed by atoms with Crippen molar-refractivity contribution in [3.05, 3.63) is 41.2 Å². The number of carbonyl (C=O) groups is 2. The van der Waals surface area contributed by atoms with Crippen LogP contribution in [0.3, 0.4) is 0 Å². The number of ether oxygens (including phenoxy) is 2. The number of carbonyl (C=O) groups excluding carboxylic acids is 2. The van der Waals surface area contributed by atoms with Gasteiger partial charge in [0.25, 0.3) is 5.91 Å². The van der Waals surface area contributed by atoms with E-state index in [9.17, 15) is 9.59 Å². The van der Waals surface area contributed by atoms with E-state index in [4.69, 9.17) is 9.47 Å². The number of nitrogens with zero attached hydrogens (tertiary/aromatic N) is 2. The molecular formula is C18H19N3O4. The maximum atomic E-state index is 12.5. The number of methoxy groups -OCH3 is 2. The van der Waals surface area contributed by atoms with Crippen LogP contribution in [0.1, 0.15) is 39.8 Å². The highest BCUT2D eigenvalue weighted by Gasteiger charge is 2.24. The summed E-state index contributed by atoms with van der Waals surface area (Å²) in [6.07, 6.45) is 2.68. The van der Waals surface area contributed by atoms with Gasteiger partial charge in [0.15, 0.2) is 5.78 Å². The minimum Gasteiger partial charge on any atom is -0.497 e. The first-order chi connectivity index (χ1) is 12.0. The number of benzene rings is 1. The summed E-state index contributed by atoms with van der Waals surface area (Å²) in [5, 5.41) is 2.66. The topological polar surface area (TPSA) is 90.4 Å². The summed E-state index contributed by atoms with van der Waals surface area (Å²) in [6, 6.07) is 4.88. The number of anilines is 1. The summed E-state index contributed by atoms with van der Waals surface area (Å²) in [5.41, 5.74) is 1.58. The highest BCUT2D eigenvalue weighted by atomic mass is 16.5. The quantitative estimate of drug-likeness (QED) is 0.919. The lowest BCUT2D eigenvalue weighted by atomic mass is 9.88. The predicted molar refractivity (Wildman–Crippen MR) is 91.3 cm³/mol. The van der Waals surface area contributed by atoms with E-state index in [-0.39, 0.29) is 23.6 Å². The molecule has 1 aromatic carbocycles. The monoisotopic (exact) mass is 341 g/mol. The van der Waals surface area contributed by atoms with Gasteiger partial charge in [-0.25, -0.2) is 9.97 Å². The van der Waals surface area contributed by atoms with E-state index in [1.807, 2.05) is 6.92 Å². The number of hydrogen-bond acceptors (Lipinski definition) is 6. The number of hydrogen-bond donors (Lipinski definition) is 1. The molecule has 0 saturated carbocycles. The third-order valence-electron chi connectivity index (χ3n) is 4.08. The molecule has 0 unspecified atom stereocenters. The van der Waals surface area contributed by atoms with Crippen LogP contribution in [0.2, 0.25) is 0 Å². The zero-order valence-electron chi connectivity index (χ0n) is 14.3. The van der Waals surface area contributed by atoms with Gasteiger partial charge in [0, 0.05) is 24.2 Å². The second-order valence-corrected chi connectivity index (χ2v) is 6.05. The minimum atomic E-state index is -0.382. The van der Waals surface area contributed by atoms with E-state index in [2.05, 4.69) is 15.3 Å². The van der Waals surface area contributed by atoms with Crippen LogP contribution in [-0.2, 0) is 6.42 Å². The molecule has 25 heavy (non-hydrogen) atoms. The maximum absolute atomic E-state index is 12.5. The van der Waals surface area contributed by atoms with Crippen molar-refractivity contribution >= 4 is 17.6 Å². The molecule has 1 N–H and O–H groups in total. The van der Waals surface area contributed by atoms with Gasteiger partial charge in [-0.15, -0.1) is 0 Å². The Morgan fingerprint density at radius 1 is 1.16 bits per heavy atom. The lowest BCUT2D eigenvalue weighted by molar-refractivity contribution is 0.0951. The van der Waals surface area contributed by atoms with Gasteiger partial charge in [-0.05, 0) is 24.5 Å². The molecule has 2 aromatic rings. The van der Waals surface area contributed by atoms with Crippen LogP contribution >= 0.6 is 0 Å². The maximum Gasteiger partial charge on any atom is 0.258 e. The Kier molecular flexibility index (Phi) is 4.65. The smallest absolute Gasteiger partial charge is 0.258 e. The third kappa shape index (κ3) is 3.60. The lowest BCUT2D eigenvalue weighted by Crippen LogP contribution is -2.22. The first-order valence-corrected chi connectivity index (χ1v) is 7.93. The molecule has 0 saturated heterocycles. The highest BCUT2D eigenvalue weighted by Crippen LogP contribution is 2.25. The number of rotatable bonds is 4. The Labute approximate surface area is 145 Å². The number of aromatic nitrogens is 2. The van der Waals surface area contributed by atoms with Crippen LogP contribution in [0.5, 0.6) is 11.5 Å². The number of fused-ring (bicyclic) bond motifs is 1. The molecular weight excluding hydrogens is 322 g/mol. The van der Waals surface area contributed by atoms with Gasteiger partial charge in [-0.1, -0.05) is 6.92 Å². The van der Waals surface area contributed by atoms with Crippen LogP contribution in [0.25, 0.3) is 0 Å². The van der Waals surface area contributed by atoms with Crippen molar-refractivity contribution in [1.82, 2.24) is 9.97 Å². The largest absolute Gasteiger partial charge is 0.497 e. The predicted octanol–water partition coefficient (Wildman–Crippen LogP) is 2.51. The number of nitrogens with one attached hydrogen (secondary N) is 1. The second kappa shape index (κ2) is 6.88. The average Bonchev–Trinajstić information content (AvgIpc) is 2.60. The van der Waals surface area contributed by atoms with Gasteiger partial charge in [0.05, 0.1) is 25.5 Å². The summed E-state index contributed by atoms with van der Waals surface area (Å²) < 4.78 is 10.3. The van der Waals surface area contributed by atoms with Crippen molar-refractivity contribution < 1.29 is 19.1 Å². The van der Waals surface area contributed by atoms with Crippen molar-refractivity contribution in [1.29, 1.82) is 0 Å². The number of amides is 1. The fraction of sp³-hybridized carbons (Fsp3) is 0.333. The summed E-state index contributed by atoms with van der Waals surface area (Å²) in [4.78, 5) is 32.9. The molecule has 130 valence electrons. The van der Waals surface area contributed by atoms with Gasteiger partial charge in [0.2, 0.25) is 5.95 Å². The highest BCUT2D eigenvalue weighted by molar-refractivity contribution is 6.04. The van der Waals surface area contributed by atoms with E-state index < -0.39 is 0 Å². The second-order valence-electron chi connectivity index (χ2n) is 6.05. The van der Waals surface area contributed by atoms with Gasteiger partial charge >= 0.3 is 0 Å².